The topological polar surface area (TPSA) is 57.6 Å². The number of carbonyl (C=O) groups excluding carboxylic acids is 1. The molecule has 1 unspecified atom stereocenters. The Balaban J connectivity index is 2.00. The fraction of sp³-hybridized carbons (Fsp3) is 0.857. The van der Waals surface area contributed by atoms with Gasteiger partial charge in [-0.3, -0.25) is 9.59 Å². The minimum Gasteiger partial charge on any atom is -0.481 e. The van der Waals surface area contributed by atoms with Crippen LogP contribution in [-0.2, 0) is 9.59 Å². The van der Waals surface area contributed by atoms with Crippen molar-refractivity contribution in [2.75, 3.05) is 25.1 Å². The third kappa shape index (κ3) is 3.65. The van der Waals surface area contributed by atoms with Gasteiger partial charge in [0, 0.05) is 25.3 Å². The number of piperidine rings is 1. The van der Waals surface area contributed by atoms with Gasteiger partial charge in [-0.15, -0.1) is 0 Å². The molecular formula is C14H23NO3S. The summed E-state index contributed by atoms with van der Waals surface area (Å²) >= 11 is 1.66. The molecule has 1 heterocycles. The summed E-state index contributed by atoms with van der Waals surface area (Å²) < 4.78 is 0. The highest BCUT2D eigenvalue weighted by Gasteiger charge is 2.46. The van der Waals surface area contributed by atoms with E-state index in [2.05, 4.69) is 0 Å². The Hall–Kier alpha value is -0.710. The number of nitrogens with zero attached hydrogens (tertiary/aromatic N) is 1. The van der Waals surface area contributed by atoms with Crippen LogP contribution in [0.4, 0.5) is 0 Å². The molecule has 0 bridgehead atoms. The summed E-state index contributed by atoms with van der Waals surface area (Å²) in [5.74, 6) is 0.812. The number of amides is 1. The summed E-state index contributed by atoms with van der Waals surface area (Å²) in [7, 11) is 0. The van der Waals surface area contributed by atoms with Crippen molar-refractivity contribution in [3.63, 3.8) is 0 Å². The van der Waals surface area contributed by atoms with Gasteiger partial charge in [0.25, 0.3) is 0 Å². The van der Waals surface area contributed by atoms with Crippen molar-refractivity contribution in [2.24, 2.45) is 11.3 Å². The monoisotopic (exact) mass is 285 g/mol. The molecule has 0 aromatic rings. The molecule has 2 rings (SSSR count). The van der Waals surface area contributed by atoms with Crippen LogP contribution in [0.5, 0.6) is 0 Å². The van der Waals surface area contributed by atoms with Crippen molar-refractivity contribution in [3.8, 4) is 0 Å². The van der Waals surface area contributed by atoms with Crippen LogP contribution in [0, 0.1) is 11.3 Å². The predicted octanol–water partition coefficient (Wildman–Crippen LogP) is 2.23. The van der Waals surface area contributed by atoms with Crippen molar-refractivity contribution in [1.29, 1.82) is 0 Å². The molecule has 2 fully saturated rings. The van der Waals surface area contributed by atoms with E-state index in [0.29, 0.717) is 18.9 Å². The molecule has 108 valence electrons. The van der Waals surface area contributed by atoms with E-state index < -0.39 is 11.4 Å². The van der Waals surface area contributed by atoms with Gasteiger partial charge in [-0.1, -0.05) is 12.8 Å². The van der Waals surface area contributed by atoms with E-state index in [9.17, 15) is 14.7 Å². The van der Waals surface area contributed by atoms with Crippen molar-refractivity contribution in [2.45, 2.75) is 38.5 Å². The number of likely N-dealkylation sites (tertiary alicyclic amines) is 1. The molecule has 4 nitrogen and oxygen atoms in total. The van der Waals surface area contributed by atoms with Gasteiger partial charge in [-0.2, -0.15) is 11.8 Å². The van der Waals surface area contributed by atoms with Crippen molar-refractivity contribution >= 4 is 23.6 Å². The SMILES string of the molecule is CSCCC(=O)N1CCCC(CC2CC2)(C(=O)O)C1. The summed E-state index contributed by atoms with van der Waals surface area (Å²) in [6.45, 7) is 1.15. The number of carboxylic acid groups (broad SMARTS) is 1. The largest absolute Gasteiger partial charge is 0.481 e. The van der Waals surface area contributed by atoms with Gasteiger partial charge in [-0.25, -0.2) is 0 Å². The van der Waals surface area contributed by atoms with Crippen LogP contribution in [0.1, 0.15) is 38.5 Å². The van der Waals surface area contributed by atoms with Crippen molar-refractivity contribution in [3.05, 3.63) is 0 Å². The smallest absolute Gasteiger partial charge is 0.311 e. The van der Waals surface area contributed by atoms with Crippen LogP contribution in [-0.4, -0.2) is 47.0 Å². The molecule has 1 saturated heterocycles. The lowest BCUT2D eigenvalue weighted by molar-refractivity contribution is -0.155. The maximum Gasteiger partial charge on any atom is 0.311 e. The van der Waals surface area contributed by atoms with E-state index in [0.717, 1.165) is 44.4 Å². The first-order chi connectivity index (χ1) is 9.07. The summed E-state index contributed by atoms with van der Waals surface area (Å²) in [5, 5.41) is 9.60. The Bertz CT molecular complexity index is 357. The minimum atomic E-state index is -0.707. The van der Waals surface area contributed by atoms with Gasteiger partial charge in [0.15, 0.2) is 0 Å². The van der Waals surface area contributed by atoms with Crippen molar-refractivity contribution < 1.29 is 14.7 Å². The van der Waals surface area contributed by atoms with Gasteiger partial charge in [0.1, 0.15) is 0 Å². The second kappa shape index (κ2) is 6.16. The van der Waals surface area contributed by atoms with Crippen LogP contribution in [0.15, 0.2) is 0 Å². The quantitative estimate of drug-likeness (QED) is 0.813. The fourth-order valence-electron chi connectivity index (χ4n) is 3.00. The zero-order valence-electron chi connectivity index (χ0n) is 11.6. The molecule has 5 heteroatoms. The third-order valence-electron chi connectivity index (χ3n) is 4.28. The highest BCUT2D eigenvalue weighted by Crippen LogP contribution is 2.44. The van der Waals surface area contributed by atoms with E-state index in [1.54, 1.807) is 16.7 Å². The summed E-state index contributed by atoms with van der Waals surface area (Å²) in [4.78, 5) is 25.6. The van der Waals surface area contributed by atoms with Crippen LogP contribution < -0.4 is 0 Å². The maximum atomic E-state index is 12.1. The summed E-state index contributed by atoms with van der Waals surface area (Å²) in [5.41, 5.74) is -0.672. The molecule has 1 atom stereocenters. The Morgan fingerprint density at radius 3 is 2.74 bits per heavy atom. The number of hydrogen-bond donors (Lipinski definition) is 1. The highest BCUT2D eigenvalue weighted by molar-refractivity contribution is 7.98. The molecular weight excluding hydrogens is 262 g/mol. The average Bonchev–Trinajstić information content (AvgIpc) is 3.19. The van der Waals surface area contributed by atoms with E-state index in [-0.39, 0.29) is 5.91 Å². The molecule has 1 aliphatic carbocycles. The number of aliphatic carboxylic acids is 1. The van der Waals surface area contributed by atoms with Gasteiger partial charge >= 0.3 is 5.97 Å². The Morgan fingerprint density at radius 2 is 2.16 bits per heavy atom. The number of thioether (sulfide) groups is 1. The molecule has 1 N–H and O–H groups in total. The molecule has 1 aliphatic heterocycles. The second-order valence-electron chi connectivity index (χ2n) is 5.89. The summed E-state index contributed by atoms with van der Waals surface area (Å²) in [6.07, 6.45) is 7.15. The van der Waals surface area contributed by atoms with Crippen LogP contribution in [0.2, 0.25) is 0 Å². The lowest BCUT2D eigenvalue weighted by Crippen LogP contribution is -2.50. The molecule has 0 aromatic carbocycles. The molecule has 2 aliphatic rings. The Morgan fingerprint density at radius 1 is 1.42 bits per heavy atom. The number of carbonyl (C=O) groups is 2. The van der Waals surface area contributed by atoms with Gasteiger partial charge < -0.3 is 10.0 Å². The normalized spacial score (nSPS) is 27.3. The summed E-state index contributed by atoms with van der Waals surface area (Å²) in [6, 6.07) is 0. The lowest BCUT2D eigenvalue weighted by Gasteiger charge is -2.40. The van der Waals surface area contributed by atoms with Gasteiger partial charge in [0.05, 0.1) is 5.41 Å². The van der Waals surface area contributed by atoms with Gasteiger partial charge in [-0.05, 0) is 31.4 Å². The second-order valence-corrected chi connectivity index (χ2v) is 6.88. The van der Waals surface area contributed by atoms with Crippen molar-refractivity contribution in [1.82, 2.24) is 4.90 Å². The lowest BCUT2D eigenvalue weighted by atomic mass is 9.75. The molecule has 1 amide bonds. The van der Waals surface area contributed by atoms with Gasteiger partial charge in [0.2, 0.25) is 5.91 Å². The molecule has 0 radical (unpaired) electrons. The molecule has 19 heavy (non-hydrogen) atoms. The zero-order valence-corrected chi connectivity index (χ0v) is 12.4. The Kier molecular flexibility index (Phi) is 4.76. The van der Waals surface area contributed by atoms with E-state index in [4.69, 9.17) is 0 Å². The first kappa shape index (κ1) is 14.7. The zero-order chi connectivity index (χ0) is 13.9. The van der Waals surface area contributed by atoms with Crippen LogP contribution in [0.25, 0.3) is 0 Å². The van der Waals surface area contributed by atoms with E-state index in [1.165, 1.54) is 0 Å². The number of carboxylic acids is 1. The van der Waals surface area contributed by atoms with E-state index >= 15 is 0 Å². The van der Waals surface area contributed by atoms with E-state index in [1.807, 2.05) is 6.26 Å². The highest BCUT2D eigenvalue weighted by atomic mass is 32.2. The molecule has 1 saturated carbocycles. The molecule has 0 spiro atoms. The first-order valence-electron chi connectivity index (χ1n) is 7.07. The number of hydrogen-bond acceptors (Lipinski definition) is 3. The Labute approximate surface area is 118 Å². The third-order valence-corrected chi connectivity index (χ3v) is 4.89. The van der Waals surface area contributed by atoms with Crippen LogP contribution >= 0.6 is 11.8 Å². The predicted molar refractivity (Wildman–Crippen MR) is 76.2 cm³/mol. The minimum absolute atomic E-state index is 0.121. The maximum absolute atomic E-state index is 12.1. The number of rotatable bonds is 6. The molecule has 0 aromatic heterocycles. The first-order valence-corrected chi connectivity index (χ1v) is 8.47. The standard InChI is InChI=1S/C14H23NO3S/c1-19-8-5-12(16)15-7-2-6-14(10-15,13(17)18)9-11-3-4-11/h11H,2-10H2,1H3,(H,17,18). The van der Waals surface area contributed by atoms with Crippen LogP contribution in [0.3, 0.4) is 0 Å². The fourth-order valence-corrected chi connectivity index (χ4v) is 3.37. The average molecular weight is 285 g/mol.